The van der Waals surface area contributed by atoms with Crippen LogP contribution in [-0.2, 0) is 26.4 Å². The Morgan fingerprint density at radius 3 is 2.97 bits per heavy atom. The molecule has 1 saturated heterocycles. The van der Waals surface area contributed by atoms with Crippen LogP contribution in [-0.4, -0.2) is 60.1 Å². The standard InChI is InChI=1S/C22H30N8O/c1-15-25-21(18-14-24-28(2)22(18)26-15)23-13-17-7-3-4-9-29(17)10-11-30-20(31)12-16-6-5-8-19(16)27-30/h12,14,17H,3-11,13H2,1-2H3,(H,23,25,26). The van der Waals surface area contributed by atoms with Crippen molar-refractivity contribution >= 4 is 16.9 Å². The number of nitrogens with zero attached hydrogens (tertiary/aromatic N) is 7. The molecule has 1 fully saturated rings. The number of aromatic nitrogens is 6. The number of hydrogen-bond donors (Lipinski definition) is 1. The summed E-state index contributed by atoms with van der Waals surface area (Å²) in [5.41, 5.74) is 3.12. The van der Waals surface area contributed by atoms with Crippen LogP contribution in [0.5, 0.6) is 0 Å². The third-order valence-electron chi connectivity index (χ3n) is 6.58. The van der Waals surface area contributed by atoms with Gasteiger partial charge in [-0.2, -0.15) is 10.2 Å². The van der Waals surface area contributed by atoms with Gasteiger partial charge in [0, 0.05) is 32.2 Å². The van der Waals surface area contributed by atoms with Gasteiger partial charge in [-0.3, -0.25) is 14.4 Å². The summed E-state index contributed by atoms with van der Waals surface area (Å²) in [4.78, 5) is 24.1. The lowest BCUT2D eigenvalue weighted by atomic mass is 10.0. The molecule has 3 aromatic heterocycles. The number of anilines is 1. The maximum Gasteiger partial charge on any atom is 0.267 e. The molecule has 0 radical (unpaired) electrons. The van der Waals surface area contributed by atoms with E-state index in [0.29, 0.717) is 12.6 Å². The lowest BCUT2D eigenvalue weighted by Gasteiger charge is -2.36. The van der Waals surface area contributed by atoms with Crippen molar-refractivity contribution in [2.24, 2.45) is 7.05 Å². The molecule has 3 aromatic rings. The Morgan fingerprint density at radius 2 is 2.06 bits per heavy atom. The predicted molar refractivity (Wildman–Crippen MR) is 119 cm³/mol. The lowest BCUT2D eigenvalue weighted by Crippen LogP contribution is -2.45. The summed E-state index contributed by atoms with van der Waals surface area (Å²) in [6.07, 6.45) is 8.48. The number of hydrogen-bond acceptors (Lipinski definition) is 7. The van der Waals surface area contributed by atoms with E-state index in [1.165, 1.54) is 12.8 Å². The van der Waals surface area contributed by atoms with Crippen LogP contribution < -0.4 is 10.9 Å². The van der Waals surface area contributed by atoms with E-state index in [4.69, 9.17) is 0 Å². The van der Waals surface area contributed by atoms with E-state index in [1.807, 2.05) is 20.2 Å². The summed E-state index contributed by atoms with van der Waals surface area (Å²) in [7, 11) is 1.90. The average Bonchev–Trinajstić information content (AvgIpc) is 3.37. The van der Waals surface area contributed by atoms with Crippen LogP contribution in [0.25, 0.3) is 11.0 Å². The van der Waals surface area contributed by atoms with Crippen molar-refractivity contribution in [2.75, 3.05) is 25.0 Å². The quantitative estimate of drug-likeness (QED) is 0.646. The zero-order chi connectivity index (χ0) is 21.4. The molecular formula is C22H30N8O. The van der Waals surface area contributed by atoms with Crippen LogP contribution in [0.2, 0.25) is 0 Å². The van der Waals surface area contributed by atoms with Crippen LogP contribution in [0.4, 0.5) is 5.82 Å². The first kappa shape index (κ1) is 20.1. The Balaban J connectivity index is 1.27. The molecule has 31 heavy (non-hydrogen) atoms. The minimum absolute atomic E-state index is 0.0303. The van der Waals surface area contributed by atoms with E-state index in [9.17, 15) is 4.79 Å². The largest absolute Gasteiger partial charge is 0.368 e. The Kier molecular flexibility index (Phi) is 5.43. The second-order valence-electron chi connectivity index (χ2n) is 8.72. The maximum absolute atomic E-state index is 12.4. The van der Waals surface area contributed by atoms with Crippen LogP contribution in [0, 0.1) is 6.92 Å². The minimum atomic E-state index is 0.0303. The molecule has 5 rings (SSSR count). The Morgan fingerprint density at radius 1 is 1.16 bits per heavy atom. The summed E-state index contributed by atoms with van der Waals surface area (Å²) >= 11 is 0. The SMILES string of the molecule is Cc1nc(NCC2CCCCN2CCn2nc3c(cc2=O)CCC3)c2cnn(C)c2n1. The second-order valence-corrected chi connectivity index (χ2v) is 8.72. The Hall–Kier alpha value is -2.81. The smallest absolute Gasteiger partial charge is 0.267 e. The van der Waals surface area contributed by atoms with Gasteiger partial charge in [0.1, 0.15) is 11.6 Å². The second kappa shape index (κ2) is 8.37. The van der Waals surface area contributed by atoms with Crippen molar-refractivity contribution < 1.29 is 0 Å². The first-order valence-corrected chi connectivity index (χ1v) is 11.3. The fourth-order valence-corrected chi connectivity index (χ4v) is 4.89. The third-order valence-corrected chi connectivity index (χ3v) is 6.58. The highest BCUT2D eigenvalue weighted by Crippen LogP contribution is 2.22. The summed E-state index contributed by atoms with van der Waals surface area (Å²) in [6, 6.07) is 2.20. The molecule has 1 N–H and O–H groups in total. The number of fused-ring (bicyclic) bond motifs is 2. The third kappa shape index (κ3) is 4.06. The van der Waals surface area contributed by atoms with Crippen molar-refractivity contribution in [2.45, 2.75) is 58.0 Å². The number of rotatable bonds is 6. The normalized spacial score (nSPS) is 19.1. The average molecular weight is 423 g/mol. The summed E-state index contributed by atoms with van der Waals surface area (Å²) < 4.78 is 3.44. The fraction of sp³-hybridized carbons (Fsp3) is 0.591. The van der Waals surface area contributed by atoms with Gasteiger partial charge in [0.25, 0.3) is 5.56 Å². The highest BCUT2D eigenvalue weighted by atomic mass is 16.1. The number of piperidine rings is 1. The first-order valence-electron chi connectivity index (χ1n) is 11.3. The van der Waals surface area contributed by atoms with Crippen LogP contribution in [0.3, 0.4) is 0 Å². The number of aryl methyl sites for hydroxylation is 4. The van der Waals surface area contributed by atoms with E-state index in [0.717, 1.165) is 79.3 Å². The van der Waals surface area contributed by atoms with Crippen molar-refractivity contribution in [3.63, 3.8) is 0 Å². The zero-order valence-electron chi connectivity index (χ0n) is 18.3. The van der Waals surface area contributed by atoms with Gasteiger partial charge in [-0.1, -0.05) is 6.42 Å². The molecule has 9 nitrogen and oxygen atoms in total. The topological polar surface area (TPSA) is 93.8 Å². The molecule has 0 spiro atoms. The molecule has 0 saturated carbocycles. The molecule has 9 heteroatoms. The molecule has 164 valence electrons. The molecule has 1 aliphatic heterocycles. The van der Waals surface area contributed by atoms with E-state index in [-0.39, 0.29) is 5.56 Å². The first-order chi connectivity index (χ1) is 15.1. The number of likely N-dealkylation sites (tertiary alicyclic amines) is 1. The molecule has 1 aliphatic carbocycles. The van der Waals surface area contributed by atoms with Gasteiger partial charge in [0.05, 0.1) is 23.8 Å². The van der Waals surface area contributed by atoms with Gasteiger partial charge >= 0.3 is 0 Å². The van der Waals surface area contributed by atoms with Crippen LogP contribution >= 0.6 is 0 Å². The van der Waals surface area contributed by atoms with E-state index in [2.05, 4.69) is 30.4 Å². The molecule has 4 heterocycles. The van der Waals surface area contributed by atoms with Crippen LogP contribution in [0.15, 0.2) is 17.1 Å². The molecule has 0 amide bonds. The fourth-order valence-electron chi connectivity index (χ4n) is 4.89. The van der Waals surface area contributed by atoms with E-state index in [1.54, 1.807) is 15.4 Å². The van der Waals surface area contributed by atoms with Crippen LogP contribution in [0.1, 0.15) is 42.8 Å². The highest BCUT2D eigenvalue weighted by Gasteiger charge is 2.23. The maximum atomic E-state index is 12.4. The molecule has 1 unspecified atom stereocenters. The molecule has 0 aromatic carbocycles. The van der Waals surface area contributed by atoms with Crippen molar-refractivity contribution in [3.05, 3.63) is 39.7 Å². The summed E-state index contributed by atoms with van der Waals surface area (Å²) in [5.74, 6) is 1.58. The molecule has 2 aliphatic rings. The predicted octanol–water partition coefficient (Wildman–Crippen LogP) is 1.68. The molecular weight excluding hydrogens is 392 g/mol. The van der Waals surface area contributed by atoms with Gasteiger partial charge in [0.2, 0.25) is 0 Å². The molecule has 0 bridgehead atoms. The van der Waals surface area contributed by atoms with Crippen molar-refractivity contribution in [3.8, 4) is 0 Å². The van der Waals surface area contributed by atoms with Gasteiger partial charge in [0.15, 0.2) is 5.65 Å². The van der Waals surface area contributed by atoms with Crippen molar-refractivity contribution in [1.82, 2.24) is 34.4 Å². The van der Waals surface area contributed by atoms with E-state index >= 15 is 0 Å². The van der Waals surface area contributed by atoms with Gasteiger partial charge in [-0.15, -0.1) is 0 Å². The summed E-state index contributed by atoms with van der Waals surface area (Å²) in [6.45, 7) is 5.25. The monoisotopic (exact) mass is 422 g/mol. The van der Waals surface area contributed by atoms with Gasteiger partial charge < -0.3 is 5.32 Å². The Bertz CT molecular complexity index is 1150. The van der Waals surface area contributed by atoms with Gasteiger partial charge in [-0.05, 0) is 51.1 Å². The highest BCUT2D eigenvalue weighted by molar-refractivity contribution is 5.86. The zero-order valence-corrected chi connectivity index (χ0v) is 18.3. The summed E-state index contributed by atoms with van der Waals surface area (Å²) in [5, 5.41) is 13.5. The number of nitrogens with one attached hydrogen (secondary N) is 1. The molecule has 1 atom stereocenters. The van der Waals surface area contributed by atoms with Gasteiger partial charge in [-0.25, -0.2) is 14.6 Å². The van der Waals surface area contributed by atoms with E-state index < -0.39 is 0 Å². The minimum Gasteiger partial charge on any atom is -0.368 e. The van der Waals surface area contributed by atoms with Crippen molar-refractivity contribution in [1.29, 1.82) is 0 Å². The Labute approximate surface area is 181 Å². The lowest BCUT2D eigenvalue weighted by molar-refractivity contribution is 0.148.